The van der Waals surface area contributed by atoms with E-state index < -0.39 is 11.7 Å². The highest BCUT2D eigenvalue weighted by atomic mass is 19.4. The molecule has 1 fully saturated rings. The predicted octanol–water partition coefficient (Wildman–Crippen LogP) is 1.21. The lowest BCUT2D eigenvalue weighted by atomic mass is 10.1. The monoisotopic (exact) mass is 286 g/mol. The molecule has 1 aromatic rings. The molecule has 1 aliphatic rings. The Balaban J connectivity index is 1.99. The number of carbonyl (C=O) groups is 2. The van der Waals surface area contributed by atoms with Gasteiger partial charge in [-0.1, -0.05) is 12.1 Å². The number of piperazine rings is 1. The number of halogens is 3. The van der Waals surface area contributed by atoms with Crippen LogP contribution in [0.2, 0.25) is 0 Å². The second-order valence-corrected chi connectivity index (χ2v) is 4.54. The summed E-state index contributed by atoms with van der Waals surface area (Å²) < 4.78 is 37.2. The van der Waals surface area contributed by atoms with Crippen LogP contribution in [0.25, 0.3) is 0 Å². The van der Waals surface area contributed by atoms with Gasteiger partial charge in [0.15, 0.2) is 0 Å². The predicted molar refractivity (Wildman–Crippen MR) is 64.7 cm³/mol. The summed E-state index contributed by atoms with van der Waals surface area (Å²) in [5, 5.41) is 2.60. The van der Waals surface area contributed by atoms with E-state index in [1.807, 2.05) is 0 Å². The van der Waals surface area contributed by atoms with Gasteiger partial charge in [0.2, 0.25) is 11.8 Å². The number of benzene rings is 1. The molecule has 1 aliphatic heterocycles. The highest BCUT2D eigenvalue weighted by Gasteiger charge is 2.30. The number of rotatable bonds is 2. The number of alkyl halides is 3. The van der Waals surface area contributed by atoms with Crippen LogP contribution in [0.1, 0.15) is 11.1 Å². The lowest BCUT2D eigenvalue weighted by Crippen LogP contribution is -2.50. The van der Waals surface area contributed by atoms with Gasteiger partial charge >= 0.3 is 6.18 Å². The molecule has 2 rings (SSSR count). The van der Waals surface area contributed by atoms with Crippen LogP contribution in [-0.2, 0) is 22.2 Å². The summed E-state index contributed by atoms with van der Waals surface area (Å²) in [7, 11) is 0. The third kappa shape index (κ3) is 3.49. The summed E-state index contributed by atoms with van der Waals surface area (Å²) >= 11 is 0. The Kier molecular flexibility index (Phi) is 3.96. The fourth-order valence-corrected chi connectivity index (χ4v) is 1.95. The molecule has 2 amide bonds. The average Bonchev–Trinajstić information content (AvgIpc) is 2.38. The number of carbonyl (C=O) groups excluding carboxylic acids is 2. The van der Waals surface area contributed by atoms with Gasteiger partial charge in [0.1, 0.15) is 0 Å². The minimum Gasteiger partial charge on any atom is -0.353 e. The van der Waals surface area contributed by atoms with Crippen molar-refractivity contribution >= 4 is 11.8 Å². The molecule has 1 aromatic carbocycles. The molecule has 0 radical (unpaired) electrons. The minimum absolute atomic E-state index is 0.000528. The number of nitrogens with one attached hydrogen (secondary N) is 1. The molecule has 1 heterocycles. The second-order valence-electron chi connectivity index (χ2n) is 4.54. The van der Waals surface area contributed by atoms with Crippen molar-refractivity contribution in [2.45, 2.75) is 12.6 Å². The van der Waals surface area contributed by atoms with Crippen LogP contribution in [0.5, 0.6) is 0 Å². The first-order valence-electron chi connectivity index (χ1n) is 6.07. The Morgan fingerprint density at radius 3 is 2.45 bits per heavy atom. The van der Waals surface area contributed by atoms with Crippen molar-refractivity contribution in [3.8, 4) is 0 Å². The zero-order chi connectivity index (χ0) is 14.8. The topological polar surface area (TPSA) is 49.4 Å². The molecule has 0 unspecified atom stereocenters. The van der Waals surface area contributed by atoms with E-state index in [9.17, 15) is 22.8 Å². The summed E-state index contributed by atoms with van der Waals surface area (Å²) in [6.07, 6.45) is -4.39. The highest BCUT2D eigenvalue weighted by molar-refractivity contribution is 5.86. The van der Waals surface area contributed by atoms with Gasteiger partial charge in [-0.15, -0.1) is 0 Å². The van der Waals surface area contributed by atoms with E-state index in [1.54, 1.807) is 0 Å². The van der Waals surface area contributed by atoms with E-state index in [-0.39, 0.29) is 24.8 Å². The first-order chi connectivity index (χ1) is 9.36. The molecular weight excluding hydrogens is 273 g/mol. The average molecular weight is 286 g/mol. The fraction of sp³-hybridized carbons (Fsp3) is 0.385. The lowest BCUT2D eigenvalue weighted by Gasteiger charge is -2.26. The summed E-state index contributed by atoms with van der Waals surface area (Å²) in [4.78, 5) is 24.5. The van der Waals surface area contributed by atoms with Gasteiger partial charge in [-0.3, -0.25) is 9.59 Å². The molecule has 20 heavy (non-hydrogen) atoms. The summed E-state index contributed by atoms with van der Waals surface area (Å²) in [5.74, 6) is -0.489. The molecule has 1 saturated heterocycles. The van der Waals surface area contributed by atoms with Gasteiger partial charge in [-0.25, -0.2) is 0 Å². The second kappa shape index (κ2) is 5.52. The van der Waals surface area contributed by atoms with Crippen LogP contribution >= 0.6 is 0 Å². The van der Waals surface area contributed by atoms with Gasteiger partial charge in [-0.05, 0) is 17.7 Å². The van der Waals surface area contributed by atoms with Gasteiger partial charge in [0.25, 0.3) is 0 Å². The summed E-state index contributed by atoms with van der Waals surface area (Å²) in [5.41, 5.74) is -0.250. The zero-order valence-electron chi connectivity index (χ0n) is 10.5. The van der Waals surface area contributed by atoms with E-state index in [1.165, 1.54) is 17.0 Å². The van der Waals surface area contributed by atoms with E-state index in [2.05, 4.69) is 5.32 Å². The van der Waals surface area contributed by atoms with Crippen LogP contribution in [0, 0.1) is 0 Å². The SMILES string of the molecule is O=C1CN(C(=O)Cc2ccc(C(F)(F)F)cc2)CCN1. The molecule has 108 valence electrons. The maximum Gasteiger partial charge on any atom is 0.416 e. The smallest absolute Gasteiger partial charge is 0.353 e. The maximum atomic E-state index is 12.4. The van der Waals surface area contributed by atoms with Crippen LogP contribution in [0.4, 0.5) is 13.2 Å². The van der Waals surface area contributed by atoms with Crippen LogP contribution < -0.4 is 5.32 Å². The normalized spacial score (nSPS) is 15.9. The number of amides is 2. The summed E-state index contributed by atoms with van der Waals surface area (Å²) in [6, 6.07) is 4.46. The fourth-order valence-electron chi connectivity index (χ4n) is 1.95. The Morgan fingerprint density at radius 1 is 1.25 bits per heavy atom. The molecule has 0 spiro atoms. The molecule has 0 aromatic heterocycles. The van der Waals surface area contributed by atoms with Gasteiger partial charge in [-0.2, -0.15) is 13.2 Å². The largest absolute Gasteiger partial charge is 0.416 e. The van der Waals surface area contributed by atoms with Crippen LogP contribution in [-0.4, -0.2) is 36.3 Å². The van der Waals surface area contributed by atoms with Gasteiger partial charge in [0.05, 0.1) is 18.5 Å². The molecule has 0 saturated carbocycles. The van der Waals surface area contributed by atoms with Gasteiger partial charge in [0, 0.05) is 13.1 Å². The van der Waals surface area contributed by atoms with E-state index in [0.29, 0.717) is 18.7 Å². The molecule has 0 bridgehead atoms. The van der Waals surface area contributed by atoms with E-state index >= 15 is 0 Å². The molecule has 4 nitrogen and oxygen atoms in total. The number of hydrogen-bond donors (Lipinski definition) is 1. The number of hydrogen-bond acceptors (Lipinski definition) is 2. The Bertz CT molecular complexity index is 511. The maximum absolute atomic E-state index is 12.4. The standard InChI is InChI=1S/C13H13F3N2O2/c14-13(15,16)10-3-1-9(2-4-10)7-12(20)18-6-5-17-11(19)8-18/h1-4H,5-8H2,(H,17,19). The van der Waals surface area contributed by atoms with E-state index in [0.717, 1.165) is 12.1 Å². The molecule has 1 N–H and O–H groups in total. The summed E-state index contributed by atoms with van der Waals surface area (Å²) in [6.45, 7) is 0.822. The molecule has 0 aliphatic carbocycles. The molecule has 0 atom stereocenters. The Morgan fingerprint density at radius 2 is 1.90 bits per heavy atom. The Labute approximate surface area is 113 Å². The highest BCUT2D eigenvalue weighted by Crippen LogP contribution is 2.29. The van der Waals surface area contributed by atoms with Crippen molar-refractivity contribution in [2.75, 3.05) is 19.6 Å². The van der Waals surface area contributed by atoms with Crippen molar-refractivity contribution < 1.29 is 22.8 Å². The third-order valence-electron chi connectivity index (χ3n) is 3.03. The van der Waals surface area contributed by atoms with Crippen molar-refractivity contribution in [3.05, 3.63) is 35.4 Å². The van der Waals surface area contributed by atoms with Crippen molar-refractivity contribution in [1.82, 2.24) is 10.2 Å². The van der Waals surface area contributed by atoms with Crippen molar-refractivity contribution in [2.24, 2.45) is 0 Å². The van der Waals surface area contributed by atoms with Crippen LogP contribution in [0.15, 0.2) is 24.3 Å². The Hall–Kier alpha value is -2.05. The molecule has 7 heteroatoms. The van der Waals surface area contributed by atoms with E-state index in [4.69, 9.17) is 0 Å². The first-order valence-corrected chi connectivity index (χ1v) is 6.07. The zero-order valence-corrected chi connectivity index (χ0v) is 10.5. The van der Waals surface area contributed by atoms with Crippen molar-refractivity contribution in [1.29, 1.82) is 0 Å². The molecular formula is C13H13F3N2O2. The minimum atomic E-state index is -4.38. The van der Waals surface area contributed by atoms with Gasteiger partial charge < -0.3 is 10.2 Å². The number of nitrogens with zero attached hydrogens (tertiary/aromatic N) is 1. The first kappa shape index (κ1) is 14.4. The quantitative estimate of drug-likeness (QED) is 0.888. The third-order valence-corrected chi connectivity index (χ3v) is 3.03. The van der Waals surface area contributed by atoms with Crippen molar-refractivity contribution in [3.63, 3.8) is 0 Å². The van der Waals surface area contributed by atoms with Crippen LogP contribution in [0.3, 0.4) is 0 Å². The lowest BCUT2D eigenvalue weighted by molar-refractivity contribution is -0.137.